The molecule has 0 radical (unpaired) electrons. The summed E-state index contributed by atoms with van der Waals surface area (Å²) in [6, 6.07) is 9.19. The number of anilines is 1. The lowest BCUT2D eigenvalue weighted by Gasteiger charge is -2.28. The zero-order chi connectivity index (χ0) is 38.9. The van der Waals surface area contributed by atoms with Crippen LogP contribution in [-0.4, -0.2) is 68.3 Å². The van der Waals surface area contributed by atoms with Gasteiger partial charge in [-0.15, -0.1) is 0 Å². The number of aliphatic hydroxyl groups excluding tert-OH is 1. The van der Waals surface area contributed by atoms with Gasteiger partial charge < -0.3 is 20.6 Å². The van der Waals surface area contributed by atoms with Gasteiger partial charge in [0, 0.05) is 48.9 Å². The van der Waals surface area contributed by atoms with E-state index in [1.807, 2.05) is 13.8 Å². The van der Waals surface area contributed by atoms with Crippen molar-refractivity contribution in [1.82, 2.24) is 15.5 Å². The number of fused-ring (bicyclic) bond motifs is 1. The minimum absolute atomic E-state index is 0.00573. The van der Waals surface area contributed by atoms with E-state index in [1.165, 1.54) is 25.2 Å². The fraction of sp³-hybridized carbons (Fsp3) is 0.474. The quantitative estimate of drug-likeness (QED) is 0.148. The predicted molar refractivity (Wildman–Crippen MR) is 191 cm³/mol. The van der Waals surface area contributed by atoms with Crippen molar-refractivity contribution in [3.8, 4) is 0 Å². The van der Waals surface area contributed by atoms with Crippen LogP contribution < -0.4 is 14.9 Å². The molecule has 3 aromatic carbocycles. The van der Waals surface area contributed by atoms with Crippen molar-refractivity contribution in [2.75, 3.05) is 24.2 Å². The summed E-state index contributed by atoms with van der Waals surface area (Å²) in [7, 11) is -2.53. The summed E-state index contributed by atoms with van der Waals surface area (Å²) in [6.07, 6.45) is -1.20. The first-order chi connectivity index (χ1) is 24.9. The molecule has 1 aliphatic heterocycles. The van der Waals surface area contributed by atoms with E-state index in [0.29, 0.717) is 30.0 Å². The lowest BCUT2D eigenvalue weighted by molar-refractivity contribution is -0.137. The van der Waals surface area contributed by atoms with Crippen LogP contribution in [0.2, 0.25) is 0 Å². The molecular weight excluding hydrogens is 719 g/mol. The summed E-state index contributed by atoms with van der Waals surface area (Å²) in [4.78, 5) is 29.8. The molecule has 1 fully saturated rings. The number of alkyl halides is 3. The predicted octanol–water partition coefficient (Wildman–Crippen LogP) is 6.28. The van der Waals surface area contributed by atoms with E-state index < -0.39 is 57.0 Å². The number of nitrogens with one attached hydrogen (secondary N) is 2. The highest BCUT2D eigenvalue weighted by Gasteiger charge is 2.46. The summed E-state index contributed by atoms with van der Waals surface area (Å²) in [5.41, 5.74) is -0.567. The fourth-order valence-corrected chi connectivity index (χ4v) is 7.54. The van der Waals surface area contributed by atoms with Gasteiger partial charge in [0.2, 0.25) is 10.0 Å². The van der Waals surface area contributed by atoms with E-state index in [1.54, 1.807) is 11.0 Å². The molecule has 1 heterocycles. The van der Waals surface area contributed by atoms with Crippen LogP contribution in [-0.2, 0) is 34.7 Å². The first kappa shape index (κ1) is 40.1. The SMILES string of the molecule is CCCC(CCC)N1Cc2c(C(=O)NC(Cc3cc(F)cc(F)c3)C(O)CNC3(c4cccc(C(F)(F)F)c4)CC3)cc(N(C)S(C)(=O)=O)cc2C1=O. The van der Waals surface area contributed by atoms with Gasteiger partial charge in [0.05, 0.1) is 29.7 Å². The van der Waals surface area contributed by atoms with Crippen molar-refractivity contribution >= 4 is 27.5 Å². The molecule has 2 amide bonds. The zero-order valence-electron chi connectivity index (χ0n) is 30.1. The van der Waals surface area contributed by atoms with E-state index in [-0.39, 0.29) is 53.8 Å². The molecule has 3 N–H and O–H groups in total. The highest BCUT2D eigenvalue weighted by atomic mass is 32.2. The third-order valence-electron chi connectivity index (χ3n) is 10.1. The molecule has 5 rings (SSSR count). The van der Waals surface area contributed by atoms with Crippen LogP contribution in [0.15, 0.2) is 54.6 Å². The Morgan fingerprint density at radius 2 is 1.66 bits per heavy atom. The molecule has 9 nitrogen and oxygen atoms in total. The lowest BCUT2D eigenvalue weighted by Crippen LogP contribution is -2.50. The van der Waals surface area contributed by atoms with Gasteiger partial charge in [-0.1, -0.05) is 38.8 Å². The van der Waals surface area contributed by atoms with Crippen molar-refractivity contribution in [3.05, 3.63) is 99.6 Å². The number of carbonyl (C=O) groups excluding carboxylic acids is 2. The third-order valence-corrected chi connectivity index (χ3v) is 11.4. The van der Waals surface area contributed by atoms with Gasteiger partial charge in [0.25, 0.3) is 11.8 Å². The van der Waals surface area contributed by atoms with Crippen LogP contribution in [0, 0.1) is 11.6 Å². The van der Waals surface area contributed by atoms with E-state index in [4.69, 9.17) is 0 Å². The first-order valence-electron chi connectivity index (χ1n) is 17.6. The Bertz CT molecular complexity index is 1930. The molecule has 0 aromatic heterocycles. The van der Waals surface area contributed by atoms with Gasteiger partial charge in [0.15, 0.2) is 0 Å². The largest absolute Gasteiger partial charge is 0.416 e. The van der Waals surface area contributed by atoms with Crippen LogP contribution in [0.5, 0.6) is 0 Å². The molecule has 0 bridgehead atoms. The smallest absolute Gasteiger partial charge is 0.390 e. The Labute approximate surface area is 306 Å². The number of sulfonamides is 1. The maximum Gasteiger partial charge on any atom is 0.416 e. The van der Waals surface area contributed by atoms with Crippen LogP contribution in [0.1, 0.15) is 95.3 Å². The van der Waals surface area contributed by atoms with E-state index in [0.717, 1.165) is 60.5 Å². The minimum atomic E-state index is -4.55. The second-order valence-corrected chi connectivity index (χ2v) is 16.1. The van der Waals surface area contributed by atoms with E-state index >= 15 is 0 Å². The van der Waals surface area contributed by atoms with Crippen LogP contribution in [0.25, 0.3) is 0 Å². The van der Waals surface area contributed by atoms with Gasteiger partial charge in [-0.25, -0.2) is 17.2 Å². The average molecular weight is 765 g/mol. The normalized spacial score (nSPS) is 16.4. The number of benzene rings is 3. The molecule has 0 spiro atoms. The summed E-state index contributed by atoms with van der Waals surface area (Å²) < 4.78 is 95.0. The molecule has 15 heteroatoms. The van der Waals surface area contributed by atoms with Gasteiger partial charge in [0.1, 0.15) is 11.6 Å². The van der Waals surface area contributed by atoms with E-state index in [2.05, 4.69) is 10.6 Å². The van der Waals surface area contributed by atoms with Crippen LogP contribution in [0.4, 0.5) is 27.6 Å². The maximum absolute atomic E-state index is 14.3. The molecule has 1 saturated carbocycles. The fourth-order valence-electron chi connectivity index (χ4n) is 7.05. The third kappa shape index (κ3) is 9.18. The number of carbonyl (C=O) groups is 2. The summed E-state index contributed by atoms with van der Waals surface area (Å²) >= 11 is 0. The maximum atomic E-state index is 14.3. The molecule has 2 unspecified atom stereocenters. The number of rotatable bonds is 16. The zero-order valence-corrected chi connectivity index (χ0v) is 30.9. The van der Waals surface area contributed by atoms with Gasteiger partial charge >= 0.3 is 6.18 Å². The number of amides is 2. The Kier molecular flexibility index (Phi) is 11.9. The molecule has 2 aliphatic rings. The number of hydrogen-bond donors (Lipinski definition) is 3. The van der Waals surface area contributed by atoms with E-state index in [9.17, 15) is 45.1 Å². The Morgan fingerprint density at radius 1 is 1.02 bits per heavy atom. The lowest BCUT2D eigenvalue weighted by atomic mass is 9.97. The topological polar surface area (TPSA) is 119 Å². The Hall–Kier alpha value is -4.08. The van der Waals surface area contributed by atoms with Gasteiger partial charge in [-0.05, 0) is 85.2 Å². The average Bonchev–Trinajstić information content (AvgIpc) is 3.81. The Morgan fingerprint density at radius 3 is 2.23 bits per heavy atom. The summed E-state index contributed by atoms with van der Waals surface area (Å²) in [5.74, 6) is -2.85. The van der Waals surface area contributed by atoms with Gasteiger partial charge in [-0.2, -0.15) is 13.2 Å². The highest BCUT2D eigenvalue weighted by Crippen LogP contribution is 2.46. The first-order valence-corrected chi connectivity index (χ1v) is 19.5. The standard InChI is InChI=1S/C38H45F5N4O5S/c1-5-8-28(9-6-2)47-22-32-30(19-29(20-31(32)36(47)50)46(3)53(4,51)52)35(49)45-33(16-23-14-26(39)18-27(40)15-23)34(48)21-44-37(12-13-37)24-10-7-11-25(17-24)38(41,42)43/h7,10-11,14-15,17-20,28,33-34,44,48H,5-6,8-9,12-13,16,21-22H2,1-4H3,(H,45,49). The molecular formula is C38H45F5N4O5S. The highest BCUT2D eigenvalue weighted by molar-refractivity contribution is 7.92. The number of hydrogen-bond acceptors (Lipinski definition) is 6. The molecule has 53 heavy (non-hydrogen) atoms. The number of nitrogens with zero attached hydrogens (tertiary/aromatic N) is 2. The Balaban J connectivity index is 1.48. The van der Waals surface area contributed by atoms with Gasteiger partial charge in [-0.3, -0.25) is 13.9 Å². The second kappa shape index (κ2) is 15.7. The molecule has 1 aliphatic carbocycles. The number of halogens is 5. The van der Waals surface area contributed by atoms with Crippen molar-refractivity contribution in [2.24, 2.45) is 0 Å². The second-order valence-electron chi connectivity index (χ2n) is 14.1. The molecule has 2 atom stereocenters. The van der Waals surface area contributed by atoms with Crippen molar-refractivity contribution < 1.29 is 45.1 Å². The van der Waals surface area contributed by atoms with Crippen molar-refractivity contribution in [2.45, 2.75) is 95.2 Å². The monoisotopic (exact) mass is 764 g/mol. The van der Waals surface area contributed by atoms with Crippen LogP contribution in [0.3, 0.4) is 0 Å². The molecule has 288 valence electrons. The summed E-state index contributed by atoms with van der Waals surface area (Å²) in [6.45, 7) is 3.89. The number of aliphatic hydroxyl groups is 1. The van der Waals surface area contributed by atoms with Crippen LogP contribution >= 0.6 is 0 Å². The molecule has 3 aromatic rings. The molecule has 0 saturated heterocycles. The van der Waals surface area contributed by atoms with Crippen molar-refractivity contribution in [1.29, 1.82) is 0 Å². The summed E-state index contributed by atoms with van der Waals surface area (Å²) in [5, 5.41) is 17.5. The minimum Gasteiger partial charge on any atom is -0.390 e. The van der Waals surface area contributed by atoms with Crippen molar-refractivity contribution in [3.63, 3.8) is 0 Å².